The lowest BCUT2D eigenvalue weighted by atomic mass is 10.2. The molecule has 2 rings (SSSR count). The van der Waals surface area contributed by atoms with E-state index in [9.17, 15) is 13.2 Å². The third-order valence-corrected chi connectivity index (χ3v) is 3.36. The van der Waals surface area contributed by atoms with E-state index >= 15 is 0 Å². The van der Waals surface area contributed by atoms with Crippen LogP contribution in [-0.2, 0) is 6.54 Å². The Kier molecular flexibility index (Phi) is 4.37. The second-order valence-corrected chi connectivity index (χ2v) is 5.14. The maximum Gasteiger partial charge on any atom is 0.196 e. The number of nitrogens with one attached hydrogen (secondary N) is 1. The predicted octanol–water partition coefficient (Wildman–Crippen LogP) is 5.13. The van der Waals surface area contributed by atoms with Crippen LogP contribution in [0, 0.1) is 17.5 Å². The highest BCUT2D eigenvalue weighted by Crippen LogP contribution is 2.24. The zero-order valence-corrected chi connectivity index (χ0v) is 11.8. The summed E-state index contributed by atoms with van der Waals surface area (Å²) in [6, 6.07) is 7.23. The van der Waals surface area contributed by atoms with Crippen molar-refractivity contribution in [3.8, 4) is 0 Å². The SMILES string of the molecule is Fc1ccc(NCc2ccc(Br)cc2Cl)c(F)c1F. The monoisotopic (exact) mass is 349 g/mol. The highest BCUT2D eigenvalue weighted by molar-refractivity contribution is 9.10. The fourth-order valence-corrected chi connectivity index (χ4v) is 2.26. The lowest BCUT2D eigenvalue weighted by Crippen LogP contribution is -2.04. The van der Waals surface area contributed by atoms with Crippen LogP contribution < -0.4 is 5.32 Å². The van der Waals surface area contributed by atoms with Gasteiger partial charge >= 0.3 is 0 Å². The standard InChI is InChI=1S/C13H8BrClF3N/c14-8-2-1-7(9(15)5-8)6-19-11-4-3-10(16)12(17)13(11)18/h1-5,19H,6H2. The molecule has 0 unspecified atom stereocenters. The van der Waals surface area contributed by atoms with Crippen molar-refractivity contribution in [2.75, 3.05) is 5.32 Å². The first-order valence-corrected chi connectivity index (χ1v) is 6.47. The fraction of sp³-hybridized carbons (Fsp3) is 0.0769. The van der Waals surface area contributed by atoms with Crippen LogP contribution in [0.25, 0.3) is 0 Å². The van der Waals surface area contributed by atoms with E-state index in [4.69, 9.17) is 11.6 Å². The minimum atomic E-state index is -1.49. The molecule has 0 atom stereocenters. The van der Waals surface area contributed by atoms with Crippen molar-refractivity contribution in [3.05, 3.63) is 62.8 Å². The molecule has 0 spiro atoms. The summed E-state index contributed by atoms with van der Waals surface area (Å²) in [6.45, 7) is 0.202. The van der Waals surface area contributed by atoms with Crippen LogP contribution >= 0.6 is 27.5 Å². The molecule has 0 aliphatic rings. The van der Waals surface area contributed by atoms with Gasteiger partial charge in [-0.3, -0.25) is 0 Å². The quantitative estimate of drug-likeness (QED) is 0.757. The van der Waals surface area contributed by atoms with Crippen molar-refractivity contribution in [3.63, 3.8) is 0 Å². The molecular formula is C13H8BrClF3N. The summed E-state index contributed by atoms with van der Waals surface area (Å²) < 4.78 is 40.0. The second-order valence-electron chi connectivity index (χ2n) is 3.81. The third kappa shape index (κ3) is 3.22. The molecule has 100 valence electrons. The molecule has 0 aliphatic carbocycles. The number of benzene rings is 2. The number of anilines is 1. The van der Waals surface area contributed by atoms with Crippen molar-refractivity contribution in [2.24, 2.45) is 0 Å². The average Bonchev–Trinajstić information content (AvgIpc) is 2.37. The van der Waals surface area contributed by atoms with Gasteiger partial charge in [-0.05, 0) is 29.8 Å². The number of hydrogen-bond donors (Lipinski definition) is 1. The van der Waals surface area contributed by atoms with Gasteiger partial charge in [-0.25, -0.2) is 13.2 Å². The molecular weight excluding hydrogens is 343 g/mol. The van der Waals surface area contributed by atoms with Crippen LogP contribution in [0.5, 0.6) is 0 Å². The summed E-state index contributed by atoms with van der Waals surface area (Å²) in [5.41, 5.74) is 0.604. The van der Waals surface area contributed by atoms with Crippen molar-refractivity contribution >= 4 is 33.2 Å². The van der Waals surface area contributed by atoms with Gasteiger partial charge in [0.1, 0.15) is 0 Å². The van der Waals surface area contributed by atoms with Gasteiger partial charge in [0.15, 0.2) is 17.5 Å². The van der Waals surface area contributed by atoms with E-state index in [-0.39, 0.29) is 12.2 Å². The topological polar surface area (TPSA) is 12.0 Å². The Morgan fingerprint density at radius 1 is 1.05 bits per heavy atom. The van der Waals surface area contributed by atoms with Crippen LogP contribution in [0.2, 0.25) is 5.02 Å². The highest BCUT2D eigenvalue weighted by atomic mass is 79.9. The number of hydrogen-bond acceptors (Lipinski definition) is 1. The zero-order valence-electron chi connectivity index (χ0n) is 9.48. The molecule has 0 amide bonds. The van der Waals surface area contributed by atoms with E-state index in [0.29, 0.717) is 10.6 Å². The maximum absolute atomic E-state index is 13.4. The Morgan fingerprint density at radius 3 is 2.47 bits per heavy atom. The first-order chi connectivity index (χ1) is 8.99. The molecule has 2 aromatic carbocycles. The zero-order chi connectivity index (χ0) is 14.0. The lowest BCUT2D eigenvalue weighted by molar-refractivity contribution is 0.449. The van der Waals surface area contributed by atoms with Crippen LogP contribution in [0.1, 0.15) is 5.56 Å². The summed E-state index contributed by atoms with van der Waals surface area (Å²) in [4.78, 5) is 0. The first kappa shape index (κ1) is 14.2. The molecule has 1 nitrogen and oxygen atoms in total. The average molecular weight is 351 g/mol. The molecule has 19 heavy (non-hydrogen) atoms. The van der Waals surface area contributed by atoms with Crippen LogP contribution in [0.15, 0.2) is 34.8 Å². The van der Waals surface area contributed by atoms with E-state index < -0.39 is 17.5 Å². The van der Waals surface area contributed by atoms with E-state index in [2.05, 4.69) is 21.2 Å². The Bertz CT molecular complexity index is 619. The van der Waals surface area contributed by atoms with Gasteiger partial charge in [-0.1, -0.05) is 33.6 Å². The molecule has 0 aromatic heterocycles. The number of rotatable bonds is 3. The molecule has 1 N–H and O–H groups in total. The van der Waals surface area contributed by atoms with Gasteiger partial charge in [0.05, 0.1) is 5.69 Å². The van der Waals surface area contributed by atoms with Crippen molar-refractivity contribution < 1.29 is 13.2 Å². The van der Waals surface area contributed by atoms with Crippen molar-refractivity contribution in [2.45, 2.75) is 6.54 Å². The summed E-state index contributed by atoms with van der Waals surface area (Å²) in [5.74, 6) is -3.95. The smallest absolute Gasteiger partial charge is 0.196 e. The molecule has 0 saturated heterocycles. The minimum Gasteiger partial charge on any atom is -0.378 e. The summed E-state index contributed by atoms with van der Waals surface area (Å²) in [5, 5.41) is 3.17. The molecule has 0 bridgehead atoms. The van der Waals surface area contributed by atoms with E-state index in [0.717, 1.165) is 16.6 Å². The van der Waals surface area contributed by atoms with Gasteiger partial charge in [0, 0.05) is 16.0 Å². The van der Waals surface area contributed by atoms with Gasteiger partial charge in [0.2, 0.25) is 0 Å². The summed E-state index contributed by atoms with van der Waals surface area (Å²) in [7, 11) is 0. The fourth-order valence-electron chi connectivity index (χ4n) is 1.52. The molecule has 0 aliphatic heterocycles. The Hall–Kier alpha value is -1.20. The summed E-state index contributed by atoms with van der Waals surface area (Å²) in [6.07, 6.45) is 0. The first-order valence-electron chi connectivity index (χ1n) is 5.30. The molecule has 0 fully saturated rings. The van der Waals surface area contributed by atoms with Crippen LogP contribution in [0.4, 0.5) is 18.9 Å². The van der Waals surface area contributed by atoms with E-state index in [1.807, 2.05) is 0 Å². The molecule has 0 radical (unpaired) electrons. The minimum absolute atomic E-state index is 0.113. The second kappa shape index (κ2) is 5.84. The Balaban J connectivity index is 2.17. The van der Waals surface area contributed by atoms with E-state index in [1.165, 1.54) is 0 Å². The number of halogens is 5. The Labute approximate surface area is 121 Å². The van der Waals surface area contributed by atoms with Gasteiger partial charge < -0.3 is 5.32 Å². The van der Waals surface area contributed by atoms with Crippen LogP contribution in [-0.4, -0.2) is 0 Å². The Morgan fingerprint density at radius 2 is 1.79 bits per heavy atom. The molecule has 0 heterocycles. The van der Waals surface area contributed by atoms with Gasteiger partial charge in [-0.2, -0.15) is 0 Å². The van der Waals surface area contributed by atoms with E-state index in [1.54, 1.807) is 18.2 Å². The van der Waals surface area contributed by atoms with Gasteiger partial charge in [0.25, 0.3) is 0 Å². The molecule has 0 saturated carbocycles. The molecule has 6 heteroatoms. The molecule has 2 aromatic rings. The predicted molar refractivity (Wildman–Crippen MR) is 72.8 cm³/mol. The normalized spacial score (nSPS) is 10.6. The van der Waals surface area contributed by atoms with Crippen LogP contribution in [0.3, 0.4) is 0 Å². The highest BCUT2D eigenvalue weighted by Gasteiger charge is 2.13. The third-order valence-electron chi connectivity index (χ3n) is 2.52. The lowest BCUT2D eigenvalue weighted by Gasteiger charge is -2.10. The maximum atomic E-state index is 13.4. The van der Waals surface area contributed by atoms with Gasteiger partial charge in [-0.15, -0.1) is 0 Å². The summed E-state index contributed by atoms with van der Waals surface area (Å²) >= 11 is 9.26. The van der Waals surface area contributed by atoms with Crippen molar-refractivity contribution in [1.29, 1.82) is 0 Å². The van der Waals surface area contributed by atoms with Crippen molar-refractivity contribution in [1.82, 2.24) is 0 Å². The largest absolute Gasteiger partial charge is 0.378 e.